The Labute approximate surface area is 92.7 Å². The minimum atomic E-state index is -0.338. The number of anilines is 1. The van der Waals surface area contributed by atoms with Crippen LogP contribution < -0.4 is 5.32 Å². The van der Waals surface area contributed by atoms with Crippen molar-refractivity contribution in [3.8, 4) is 0 Å². The van der Waals surface area contributed by atoms with Gasteiger partial charge in [0, 0.05) is 11.4 Å². The topological polar surface area (TPSA) is 51.2 Å². The van der Waals surface area contributed by atoms with Gasteiger partial charge in [0.1, 0.15) is 0 Å². The fourth-order valence-electron chi connectivity index (χ4n) is 1.37. The molecular weight excluding hydrogens is 212 g/mol. The normalized spacial score (nSPS) is 15.8. The van der Waals surface area contributed by atoms with E-state index in [0.717, 1.165) is 5.13 Å². The molecule has 0 unspecified atom stereocenters. The van der Waals surface area contributed by atoms with Gasteiger partial charge in [-0.25, -0.2) is 9.78 Å². The van der Waals surface area contributed by atoms with Crippen LogP contribution in [0.2, 0.25) is 0 Å². The lowest BCUT2D eigenvalue weighted by molar-refractivity contribution is 0.0520. The second kappa shape index (κ2) is 4.61. The number of hydrogen-bond acceptors (Lipinski definition) is 5. The quantitative estimate of drug-likeness (QED) is 0.800. The smallest absolute Gasteiger partial charge is 0.357 e. The predicted molar refractivity (Wildman–Crippen MR) is 59.3 cm³/mol. The molecule has 0 aliphatic heterocycles. The fraction of sp³-hybridized carbons (Fsp3) is 0.600. The number of carbonyl (C=O) groups excluding carboxylic acids is 1. The molecule has 0 radical (unpaired) electrons. The third kappa shape index (κ3) is 2.47. The van der Waals surface area contributed by atoms with Gasteiger partial charge in [0.2, 0.25) is 0 Å². The van der Waals surface area contributed by atoms with Gasteiger partial charge in [-0.2, -0.15) is 0 Å². The Morgan fingerprint density at radius 3 is 3.13 bits per heavy atom. The van der Waals surface area contributed by atoms with Crippen LogP contribution in [0.5, 0.6) is 0 Å². The Hall–Kier alpha value is -1.10. The number of nitrogens with one attached hydrogen (secondary N) is 1. The predicted octanol–water partition coefficient (Wildman–Crippen LogP) is 2.28. The van der Waals surface area contributed by atoms with Gasteiger partial charge in [0.15, 0.2) is 10.8 Å². The van der Waals surface area contributed by atoms with Crippen LogP contribution >= 0.6 is 11.3 Å². The first-order chi connectivity index (χ1) is 7.29. The minimum Gasteiger partial charge on any atom is -0.461 e. The summed E-state index contributed by atoms with van der Waals surface area (Å²) in [5, 5.41) is 5.85. The molecule has 1 fully saturated rings. The SMILES string of the molecule is CCOC(=O)c1csc(NC2CCC2)n1. The summed E-state index contributed by atoms with van der Waals surface area (Å²) in [4.78, 5) is 15.5. The van der Waals surface area contributed by atoms with Gasteiger partial charge >= 0.3 is 5.97 Å². The maximum Gasteiger partial charge on any atom is 0.357 e. The number of rotatable bonds is 4. The van der Waals surface area contributed by atoms with Crippen molar-refractivity contribution in [3.63, 3.8) is 0 Å². The number of aromatic nitrogens is 1. The molecule has 0 saturated heterocycles. The Kier molecular flexibility index (Phi) is 3.20. The van der Waals surface area contributed by atoms with Gasteiger partial charge < -0.3 is 10.1 Å². The summed E-state index contributed by atoms with van der Waals surface area (Å²) < 4.78 is 4.86. The Balaban J connectivity index is 1.93. The van der Waals surface area contributed by atoms with E-state index in [-0.39, 0.29) is 5.97 Å². The molecule has 1 heterocycles. The minimum absolute atomic E-state index is 0.338. The molecule has 82 valence electrons. The van der Waals surface area contributed by atoms with Gasteiger partial charge in [-0.05, 0) is 26.2 Å². The van der Waals surface area contributed by atoms with Crippen LogP contribution in [0.15, 0.2) is 5.38 Å². The van der Waals surface area contributed by atoms with Crippen molar-refractivity contribution in [3.05, 3.63) is 11.1 Å². The maximum atomic E-state index is 11.3. The van der Waals surface area contributed by atoms with Crippen LogP contribution in [-0.4, -0.2) is 23.6 Å². The zero-order valence-corrected chi connectivity index (χ0v) is 9.47. The van der Waals surface area contributed by atoms with Gasteiger partial charge in [-0.3, -0.25) is 0 Å². The third-order valence-corrected chi connectivity index (χ3v) is 3.20. The average molecular weight is 226 g/mol. The second-order valence-corrected chi connectivity index (χ2v) is 4.39. The number of thiazole rings is 1. The number of esters is 1. The van der Waals surface area contributed by atoms with Crippen LogP contribution in [0.1, 0.15) is 36.7 Å². The highest BCUT2D eigenvalue weighted by atomic mass is 32.1. The zero-order valence-electron chi connectivity index (χ0n) is 8.66. The first kappa shape index (κ1) is 10.4. The average Bonchev–Trinajstić information content (AvgIpc) is 2.60. The standard InChI is InChI=1S/C10H14N2O2S/c1-2-14-9(13)8-6-15-10(12-8)11-7-4-3-5-7/h6-7H,2-5H2,1H3,(H,11,12). The van der Waals surface area contributed by atoms with E-state index in [4.69, 9.17) is 4.74 Å². The molecule has 1 aliphatic carbocycles. The molecule has 2 rings (SSSR count). The molecular formula is C10H14N2O2S. The number of ether oxygens (including phenoxy) is 1. The number of nitrogens with zero attached hydrogens (tertiary/aromatic N) is 1. The largest absolute Gasteiger partial charge is 0.461 e. The van der Waals surface area contributed by atoms with E-state index in [1.54, 1.807) is 12.3 Å². The van der Waals surface area contributed by atoms with E-state index in [1.165, 1.54) is 30.6 Å². The van der Waals surface area contributed by atoms with Crippen LogP contribution in [-0.2, 0) is 4.74 Å². The highest BCUT2D eigenvalue weighted by Crippen LogP contribution is 2.25. The van der Waals surface area contributed by atoms with Crippen molar-refractivity contribution in [2.75, 3.05) is 11.9 Å². The van der Waals surface area contributed by atoms with E-state index in [9.17, 15) is 4.79 Å². The first-order valence-corrected chi connectivity index (χ1v) is 6.06. The first-order valence-electron chi connectivity index (χ1n) is 5.18. The fourth-order valence-corrected chi connectivity index (χ4v) is 2.12. The van der Waals surface area contributed by atoms with Gasteiger partial charge in [-0.15, -0.1) is 11.3 Å². The Morgan fingerprint density at radius 2 is 2.53 bits per heavy atom. The molecule has 4 nitrogen and oxygen atoms in total. The molecule has 1 aromatic rings. The summed E-state index contributed by atoms with van der Waals surface area (Å²) in [6.07, 6.45) is 3.69. The van der Waals surface area contributed by atoms with Crippen LogP contribution in [0.4, 0.5) is 5.13 Å². The lowest BCUT2D eigenvalue weighted by Crippen LogP contribution is -2.26. The number of carbonyl (C=O) groups is 1. The highest BCUT2D eigenvalue weighted by Gasteiger charge is 2.19. The van der Waals surface area contributed by atoms with E-state index in [2.05, 4.69) is 10.3 Å². The van der Waals surface area contributed by atoms with Gasteiger partial charge in [0.05, 0.1) is 6.61 Å². The number of hydrogen-bond donors (Lipinski definition) is 1. The third-order valence-electron chi connectivity index (χ3n) is 2.42. The summed E-state index contributed by atoms with van der Waals surface area (Å²) in [5.74, 6) is -0.338. The van der Waals surface area contributed by atoms with Crippen molar-refractivity contribution in [1.29, 1.82) is 0 Å². The lowest BCUT2D eigenvalue weighted by atomic mass is 9.93. The maximum absolute atomic E-state index is 11.3. The molecule has 1 N–H and O–H groups in total. The van der Waals surface area contributed by atoms with E-state index < -0.39 is 0 Å². The zero-order chi connectivity index (χ0) is 10.7. The van der Waals surface area contributed by atoms with E-state index in [1.807, 2.05) is 0 Å². The van der Waals surface area contributed by atoms with Crippen LogP contribution in [0.25, 0.3) is 0 Å². The molecule has 0 aromatic carbocycles. The van der Waals surface area contributed by atoms with E-state index >= 15 is 0 Å². The molecule has 5 heteroatoms. The molecule has 1 saturated carbocycles. The van der Waals surface area contributed by atoms with Gasteiger partial charge in [-0.1, -0.05) is 0 Å². The molecule has 0 atom stereocenters. The molecule has 0 bridgehead atoms. The van der Waals surface area contributed by atoms with Gasteiger partial charge in [0.25, 0.3) is 0 Å². The van der Waals surface area contributed by atoms with Crippen molar-refractivity contribution in [2.24, 2.45) is 0 Å². The summed E-state index contributed by atoms with van der Waals surface area (Å²) in [7, 11) is 0. The monoisotopic (exact) mass is 226 g/mol. The van der Waals surface area contributed by atoms with E-state index in [0.29, 0.717) is 18.3 Å². The lowest BCUT2D eigenvalue weighted by Gasteiger charge is -2.25. The summed E-state index contributed by atoms with van der Waals surface area (Å²) >= 11 is 1.46. The van der Waals surface area contributed by atoms with Crippen molar-refractivity contribution < 1.29 is 9.53 Å². The Morgan fingerprint density at radius 1 is 1.73 bits per heavy atom. The summed E-state index contributed by atoms with van der Waals surface area (Å²) in [6, 6.07) is 0.547. The molecule has 15 heavy (non-hydrogen) atoms. The molecule has 1 aromatic heterocycles. The molecule has 0 spiro atoms. The van der Waals surface area contributed by atoms with Crippen molar-refractivity contribution in [1.82, 2.24) is 4.98 Å². The summed E-state index contributed by atoms with van der Waals surface area (Å²) in [6.45, 7) is 2.18. The van der Waals surface area contributed by atoms with Crippen molar-refractivity contribution >= 4 is 22.4 Å². The van der Waals surface area contributed by atoms with Crippen molar-refractivity contribution in [2.45, 2.75) is 32.2 Å². The Bertz CT molecular complexity index is 347. The summed E-state index contributed by atoms with van der Waals surface area (Å²) in [5.41, 5.74) is 0.406. The van der Waals surface area contributed by atoms with Crippen LogP contribution in [0, 0.1) is 0 Å². The second-order valence-electron chi connectivity index (χ2n) is 3.53. The van der Waals surface area contributed by atoms with Crippen LogP contribution in [0.3, 0.4) is 0 Å². The highest BCUT2D eigenvalue weighted by molar-refractivity contribution is 7.13. The molecule has 1 aliphatic rings. The molecule has 0 amide bonds.